The van der Waals surface area contributed by atoms with Gasteiger partial charge in [0.25, 0.3) is 0 Å². The molecule has 0 heterocycles. The van der Waals surface area contributed by atoms with Crippen molar-refractivity contribution in [3.05, 3.63) is 35.9 Å². The molecule has 0 unspecified atom stereocenters. The summed E-state index contributed by atoms with van der Waals surface area (Å²) in [5, 5.41) is 3.20. The second-order valence-electron chi connectivity index (χ2n) is 4.62. The Labute approximate surface area is 116 Å². The first-order valence-electron chi connectivity index (χ1n) is 6.75. The number of benzene rings is 1. The van der Waals surface area contributed by atoms with Crippen LogP contribution >= 0.6 is 0 Å². The summed E-state index contributed by atoms with van der Waals surface area (Å²) in [5.41, 5.74) is 1.02. The Morgan fingerprint density at radius 3 is 2.47 bits per heavy atom. The number of unbranched alkanes of at least 4 members (excludes halogenated alkanes) is 1. The predicted molar refractivity (Wildman–Crippen MR) is 79.5 cm³/mol. The van der Waals surface area contributed by atoms with Crippen molar-refractivity contribution in [2.45, 2.75) is 26.3 Å². The minimum atomic E-state index is -3.14. The van der Waals surface area contributed by atoms with Gasteiger partial charge in [-0.1, -0.05) is 37.3 Å². The van der Waals surface area contributed by atoms with Crippen LogP contribution in [0.15, 0.2) is 30.3 Å². The molecule has 0 spiro atoms. The van der Waals surface area contributed by atoms with Crippen LogP contribution in [0.2, 0.25) is 0 Å². The average molecular weight is 284 g/mol. The van der Waals surface area contributed by atoms with Gasteiger partial charge in [-0.2, -0.15) is 0 Å². The largest absolute Gasteiger partial charge is 0.317 e. The third-order valence-corrected chi connectivity index (χ3v) is 4.86. The minimum absolute atomic E-state index is 0.224. The second kappa shape index (κ2) is 8.30. The van der Waals surface area contributed by atoms with E-state index in [4.69, 9.17) is 0 Å². The average Bonchev–Trinajstić information content (AvgIpc) is 2.39. The second-order valence-corrected chi connectivity index (χ2v) is 6.81. The van der Waals surface area contributed by atoms with E-state index in [0.717, 1.165) is 25.1 Å². The van der Waals surface area contributed by atoms with Crippen molar-refractivity contribution in [2.24, 2.45) is 0 Å². The molecule has 1 rings (SSSR count). The Balaban J connectivity index is 2.39. The van der Waals surface area contributed by atoms with Crippen LogP contribution in [0.3, 0.4) is 0 Å². The van der Waals surface area contributed by atoms with Gasteiger partial charge in [0, 0.05) is 13.6 Å². The van der Waals surface area contributed by atoms with Crippen LogP contribution < -0.4 is 5.32 Å². The highest BCUT2D eigenvalue weighted by atomic mass is 32.2. The van der Waals surface area contributed by atoms with E-state index < -0.39 is 10.0 Å². The van der Waals surface area contributed by atoms with E-state index in [1.54, 1.807) is 7.05 Å². The Morgan fingerprint density at radius 2 is 1.84 bits per heavy atom. The van der Waals surface area contributed by atoms with Crippen molar-refractivity contribution in [3.63, 3.8) is 0 Å². The van der Waals surface area contributed by atoms with Crippen molar-refractivity contribution in [2.75, 3.05) is 25.9 Å². The molecule has 1 N–H and O–H groups in total. The van der Waals surface area contributed by atoms with Crippen LogP contribution in [0.1, 0.15) is 25.3 Å². The predicted octanol–water partition coefficient (Wildman–Crippen LogP) is 1.84. The van der Waals surface area contributed by atoms with Gasteiger partial charge in [-0.3, -0.25) is 0 Å². The summed E-state index contributed by atoms with van der Waals surface area (Å²) in [4.78, 5) is 0. The van der Waals surface area contributed by atoms with E-state index >= 15 is 0 Å². The molecular formula is C14H24N2O2S. The standard InChI is InChI=1S/C14H24N2O2S/c1-3-15-11-7-8-12-19(17,18)16(2)13-14-9-5-4-6-10-14/h4-6,9-10,15H,3,7-8,11-13H2,1-2H3. The summed E-state index contributed by atoms with van der Waals surface area (Å²) in [6.45, 7) is 4.30. The molecule has 5 heteroatoms. The summed E-state index contributed by atoms with van der Waals surface area (Å²) in [6, 6.07) is 9.66. The van der Waals surface area contributed by atoms with Crippen LogP contribution in [-0.4, -0.2) is 38.6 Å². The molecule has 0 radical (unpaired) electrons. The van der Waals surface area contributed by atoms with E-state index in [9.17, 15) is 8.42 Å². The Hall–Kier alpha value is -0.910. The van der Waals surface area contributed by atoms with Crippen molar-refractivity contribution in [3.8, 4) is 0 Å². The van der Waals surface area contributed by atoms with Crippen molar-refractivity contribution in [1.82, 2.24) is 9.62 Å². The lowest BCUT2D eigenvalue weighted by Gasteiger charge is -2.17. The number of nitrogens with one attached hydrogen (secondary N) is 1. The van der Waals surface area contributed by atoms with Crippen molar-refractivity contribution in [1.29, 1.82) is 0 Å². The highest BCUT2D eigenvalue weighted by Crippen LogP contribution is 2.08. The van der Waals surface area contributed by atoms with Crippen LogP contribution in [0.25, 0.3) is 0 Å². The summed E-state index contributed by atoms with van der Waals surface area (Å²) < 4.78 is 25.6. The maximum Gasteiger partial charge on any atom is 0.214 e. The van der Waals surface area contributed by atoms with Crippen molar-refractivity contribution >= 4 is 10.0 Å². The fraction of sp³-hybridized carbons (Fsp3) is 0.571. The molecular weight excluding hydrogens is 260 g/mol. The van der Waals surface area contributed by atoms with Crippen LogP contribution in [-0.2, 0) is 16.6 Å². The molecule has 0 amide bonds. The molecule has 0 aromatic heterocycles. The fourth-order valence-electron chi connectivity index (χ4n) is 1.81. The molecule has 0 saturated heterocycles. The highest BCUT2D eigenvalue weighted by Gasteiger charge is 2.17. The van der Waals surface area contributed by atoms with Gasteiger partial charge in [-0.15, -0.1) is 0 Å². The van der Waals surface area contributed by atoms with Crippen LogP contribution in [0.4, 0.5) is 0 Å². The van der Waals surface area contributed by atoms with E-state index in [-0.39, 0.29) is 5.75 Å². The number of rotatable bonds is 9. The van der Waals surface area contributed by atoms with E-state index in [2.05, 4.69) is 5.32 Å². The maximum atomic E-state index is 12.1. The van der Waals surface area contributed by atoms with Gasteiger partial charge in [0.05, 0.1) is 5.75 Å². The third kappa shape index (κ3) is 6.18. The van der Waals surface area contributed by atoms with Gasteiger partial charge < -0.3 is 5.32 Å². The topological polar surface area (TPSA) is 49.4 Å². The van der Waals surface area contributed by atoms with Gasteiger partial charge in [0.1, 0.15) is 0 Å². The summed E-state index contributed by atoms with van der Waals surface area (Å²) in [7, 11) is -1.49. The summed E-state index contributed by atoms with van der Waals surface area (Å²) in [5.74, 6) is 0.224. The number of hydrogen-bond donors (Lipinski definition) is 1. The lowest BCUT2D eigenvalue weighted by Crippen LogP contribution is -2.29. The number of nitrogens with zero attached hydrogens (tertiary/aromatic N) is 1. The van der Waals surface area contributed by atoms with E-state index in [0.29, 0.717) is 13.0 Å². The number of hydrogen-bond acceptors (Lipinski definition) is 3. The highest BCUT2D eigenvalue weighted by molar-refractivity contribution is 7.89. The first kappa shape index (κ1) is 16.1. The van der Waals surface area contributed by atoms with E-state index in [1.807, 2.05) is 37.3 Å². The molecule has 108 valence electrons. The quantitative estimate of drug-likeness (QED) is 0.704. The lowest BCUT2D eigenvalue weighted by atomic mass is 10.2. The molecule has 1 aromatic rings. The summed E-state index contributed by atoms with van der Waals surface area (Å²) in [6.07, 6.45) is 1.60. The normalized spacial score (nSPS) is 11.9. The van der Waals surface area contributed by atoms with Gasteiger partial charge in [0.15, 0.2) is 0 Å². The third-order valence-electron chi connectivity index (χ3n) is 2.98. The molecule has 0 aliphatic carbocycles. The maximum absolute atomic E-state index is 12.1. The minimum Gasteiger partial charge on any atom is -0.317 e. The molecule has 0 aliphatic heterocycles. The monoisotopic (exact) mass is 284 g/mol. The molecule has 0 saturated carbocycles. The fourth-order valence-corrected chi connectivity index (χ4v) is 3.03. The Morgan fingerprint density at radius 1 is 1.16 bits per heavy atom. The van der Waals surface area contributed by atoms with Gasteiger partial charge in [-0.05, 0) is 31.5 Å². The molecule has 0 aliphatic rings. The smallest absolute Gasteiger partial charge is 0.214 e. The molecule has 4 nitrogen and oxygen atoms in total. The van der Waals surface area contributed by atoms with Crippen LogP contribution in [0.5, 0.6) is 0 Å². The zero-order valence-electron chi connectivity index (χ0n) is 11.8. The first-order valence-corrected chi connectivity index (χ1v) is 8.36. The van der Waals surface area contributed by atoms with E-state index in [1.165, 1.54) is 4.31 Å². The lowest BCUT2D eigenvalue weighted by molar-refractivity contribution is 0.464. The van der Waals surface area contributed by atoms with Gasteiger partial charge in [-0.25, -0.2) is 12.7 Å². The molecule has 0 bridgehead atoms. The number of sulfonamides is 1. The Kier molecular flexibility index (Phi) is 7.05. The first-order chi connectivity index (χ1) is 9.06. The SMILES string of the molecule is CCNCCCCS(=O)(=O)N(C)Cc1ccccc1. The van der Waals surface area contributed by atoms with Crippen molar-refractivity contribution < 1.29 is 8.42 Å². The molecule has 0 fully saturated rings. The molecule has 1 aromatic carbocycles. The molecule has 0 atom stereocenters. The molecule has 19 heavy (non-hydrogen) atoms. The van der Waals surface area contributed by atoms with Gasteiger partial charge >= 0.3 is 0 Å². The zero-order chi connectivity index (χ0) is 14.1. The Bertz CT molecular complexity index is 446. The zero-order valence-corrected chi connectivity index (χ0v) is 12.6. The summed E-state index contributed by atoms with van der Waals surface area (Å²) >= 11 is 0. The van der Waals surface area contributed by atoms with Crippen LogP contribution in [0, 0.1) is 0 Å². The van der Waals surface area contributed by atoms with Gasteiger partial charge in [0.2, 0.25) is 10.0 Å².